The number of rotatable bonds is 9. The van der Waals surface area contributed by atoms with Crippen LogP contribution >= 0.6 is 11.6 Å². The molecule has 0 aliphatic carbocycles. The zero-order valence-electron chi connectivity index (χ0n) is 17.9. The summed E-state index contributed by atoms with van der Waals surface area (Å²) in [7, 11) is 0. The van der Waals surface area contributed by atoms with Crippen molar-refractivity contribution in [3.63, 3.8) is 0 Å². The number of benzene rings is 2. The minimum absolute atomic E-state index is 0.141. The molecule has 1 N–H and O–H groups in total. The molecule has 0 saturated carbocycles. The van der Waals surface area contributed by atoms with Crippen molar-refractivity contribution in [1.29, 1.82) is 0 Å². The Kier molecular flexibility index (Phi) is 7.65. The van der Waals surface area contributed by atoms with Crippen molar-refractivity contribution in [3.05, 3.63) is 77.6 Å². The van der Waals surface area contributed by atoms with E-state index in [0.29, 0.717) is 43.6 Å². The minimum Gasteiger partial charge on any atom is -0.492 e. The normalized spacial score (nSPS) is 19.4. The largest absolute Gasteiger partial charge is 0.492 e. The van der Waals surface area contributed by atoms with Gasteiger partial charge >= 0.3 is 0 Å². The van der Waals surface area contributed by atoms with Crippen LogP contribution in [-0.4, -0.2) is 64.9 Å². The van der Waals surface area contributed by atoms with E-state index in [1.165, 1.54) is 0 Å². The molecule has 0 bridgehead atoms. The second kappa shape index (κ2) is 10.8. The van der Waals surface area contributed by atoms with Crippen molar-refractivity contribution in [2.45, 2.75) is 18.7 Å². The van der Waals surface area contributed by atoms with Crippen LogP contribution in [0.15, 0.2) is 67.0 Å². The number of aliphatic hydroxyl groups is 1. The van der Waals surface area contributed by atoms with E-state index in [-0.39, 0.29) is 13.2 Å². The predicted octanol–water partition coefficient (Wildman–Crippen LogP) is 3.26. The van der Waals surface area contributed by atoms with Crippen molar-refractivity contribution in [3.8, 4) is 11.5 Å². The highest BCUT2D eigenvalue weighted by Gasteiger charge is 2.33. The fraction of sp³-hybridized carbons (Fsp3) is 0.375. The number of hydrogen-bond acceptors (Lipinski definition) is 6. The molecule has 1 atom stereocenters. The molecule has 0 unspecified atom stereocenters. The Balaban J connectivity index is 1.31. The Morgan fingerprint density at radius 1 is 1.09 bits per heavy atom. The summed E-state index contributed by atoms with van der Waals surface area (Å²) in [5, 5.41) is 16.0. The average Bonchev–Trinajstić information content (AvgIpc) is 3.23. The van der Waals surface area contributed by atoms with Crippen LogP contribution in [0.3, 0.4) is 0 Å². The number of halogens is 1. The first-order chi connectivity index (χ1) is 15.6. The first-order valence-electron chi connectivity index (χ1n) is 10.7. The van der Waals surface area contributed by atoms with Crippen molar-refractivity contribution < 1.29 is 19.3 Å². The first-order valence-corrected chi connectivity index (χ1v) is 11.1. The average molecular weight is 458 g/mol. The van der Waals surface area contributed by atoms with Crippen molar-refractivity contribution in [2.24, 2.45) is 0 Å². The number of hydrogen-bond donors (Lipinski definition) is 1. The van der Waals surface area contributed by atoms with Gasteiger partial charge in [0.1, 0.15) is 30.3 Å². The van der Waals surface area contributed by atoms with E-state index in [9.17, 15) is 5.11 Å². The van der Waals surface area contributed by atoms with E-state index in [0.717, 1.165) is 17.9 Å². The summed E-state index contributed by atoms with van der Waals surface area (Å²) in [4.78, 5) is 2.18. The second-order valence-corrected chi connectivity index (χ2v) is 8.43. The van der Waals surface area contributed by atoms with Crippen LogP contribution in [0.2, 0.25) is 5.02 Å². The van der Waals surface area contributed by atoms with Gasteiger partial charge in [0, 0.05) is 37.1 Å². The molecule has 4 rings (SSSR count). The van der Waals surface area contributed by atoms with Crippen LogP contribution in [0.5, 0.6) is 11.5 Å². The predicted molar refractivity (Wildman–Crippen MR) is 122 cm³/mol. The Bertz CT molecular complexity index is 968. The number of aromatic nitrogens is 2. The van der Waals surface area contributed by atoms with Gasteiger partial charge < -0.3 is 19.3 Å². The zero-order valence-corrected chi connectivity index (χ0v) is 18.7. The van der Waals surface area contributed by atoms with Gasteiger partial charge in [0.25, 0.3) is 0 Å². The van der Waals surface area contributed by atoms with Gasteiger partial charge in [-0.3, -0.25) is 9.58 Å². The standard InChI is InChI=1S/C24H28ClN3O4/c25-21-5-7-22(8-6-21)32-19-24(29)17-27(11-13-30-18-24)16-20-3-1-4-23(15-20)31-14-12-28-10-2-9-26-28/h1-10,15,29H,11-14,16-19H2/t24-/m0/s1. The van der Waals surface area contributed by atoms with Gasteiger partial charge in [0.05, 0.1) is 19.8 Å². The molecule has 7 nitrogen and oxygen atoms in total. The summed E-state index contributed by atoms with van der Waals surface area (Å²) in [6.45, 7) is 4.03. The third-order valence-corrected chi connectivity index (χ3v) is 5.47. The maximum Gasteiger partial charge on any atom is 0.134 e. The van der Waals surface area contributed by atoms with Gasteiger partial charge in [0.2, 0.25) is 0 Å². The third-order valence-electron chi connectivity index (χ3n) is 5.21. The molecule has 3 aromatic rings. The first kappa shape index (κ1) is 22.6. The second-order valence-electron chi connectivity index (χ2n) is 8.00. The van der Waals surface area contributed by atoms with Gasteiger partial charge in [-0.05, 0) is 48.0 Å². The summed E-state index contributed by atoms with van der Waals surface area (Å²) in [6, 6.07) is 17.1. The van der Waals surface area contributed by atoms with E-state index < -0.39 is 5.60 Å². The third kappa shape index (κ3) is 6.71. The van der Waals surface area contributed by atoms with Crippen LogP contribution in [0.4, 0.5) is 0 Å². The van der Waals surface area contributed by atoms with Crippen LogP contribution in [0.1, 0.15) is 5.56 Å². The van der Waals surface area contributed by atoms with Gasteiger partial charge in [-0.1, -0.05) is 23.7 Å². The van der Waals surface area contributed by atoms with Crippen molar-refractivity contribution >= 4 is 11.6 Å². The molecule has 1 saturated heterocycles. The maximum atomic E-state index is 11.1. The lowest BCUT2D eigenvalue weighted by Crippen LogP contribution is -2.48. The van der Waals surface area contributed by atoms with E-state index in [1.807, 2.05) is 35.1 Å². The van der Waals surface area contributed by atoms with Gasteiger partial charge in [-0.15, -0.1) is 0 Å². The lowest BCUT2D eigenvalue weighted by molar-refractivity contribution is -0.0646. The monoisotopic (exact) mass is 457 g/mol. The van der Waals surface area contributed by atoms with Crippen LogP contribution < -0.4 is 9.47 Å². The maximum absolute atomic E-state index is 11.1. The molecule has 0 spiro atoms. The smallest absolute Gasteiger partial charge is 0.134 e. The molecule has 0 amide bonds. The highest BCUT2D eigenvalue weighted by atomic mass is 35.5. The van der Waals surface area contributed by atoms with E-state index in [1.54, 1.807) is 30.5 Å². The van der Waals surface area contributed by atoms with Crippen molar-refractivity contribution in [1.82, 2.24) is 14.7 Å². The lowest BCUT2D eigenvalue weighted by atomic mass is 10.1. The van der Waals surface area contributed by atoms with Crippen LogP contribution in [0.25, 0.3) is 0 Å². The number of ether oxygens (including phenoxy) is 3. The summed E-state index contributed by atoms with van der Waals surface area (Å²) >= 11 is 5.92. The molecule has 1 aliphatic rings. The number of β-amino-alcohol motifs (C(OH)–C–C–N with tert-alkyl or cyclic N) is 1. The van der Waals surface area contributed by atoms with Gasteiger partial charge in [0.15, 0.2) is 0 Å². The molecular formula is C24H28ClN3O4. The Morgan fingerprint density at radius 2 is 1.97 bits per heavy atom. The van der Waals surface area contributed by atoms with Crippen LogP contribution in [-0.2, 0) is 17.8 Å². The molecule has 2 heterocycles. The Labute approximate surface area is 193 Å². The summed E-state index contributed by atoms with van der Waals surface area (Å²) in [5.41, 5.74) is 0.0121. The SMILES string of the molecule is O[C@]1(COc2ccc(Cl)cc2)COCCN(Cc2cccc(OCCn3cccn3)c2)C1. The molecule has 1 aromatic heterocycles. The van der Waals surface area contributed by atoms with E-state index in [4.69, 9.17) is 25.8 Å². The topological polar surface area (TPSA) is 69.0 Å². The lowest BCUT2D eigenvalue weighted by Gasteiger charge is -2.30. The molecule has 32 heavy (non-hydrogen) atoms. The Morgan fingerprint density at radius 3 is 2.78 bits per heavy atom. The van der Waals surface area contributed by atoms with Gasteiger partial charge in [-0.25, -0.2) is 0 Å². The van der Waals surface area contributed by atoms with Crippen LogP contribution in [0, 0.1) is 0 Å². The summed E-state index contributed by atoms with van der Waals surface area (Å²) in [6.07, 6.45) is 3.67. The fourth-order valence-corrected chi connectivity index (χ4v) is 3.78. The number of nitrogens with zero attached hydrogens (tertiary/aromatic N) is 3. The van der Waals surface area contributed by atoms with Gasteiger partial charge in [-0.2, -0.15) is 5.10 Å². The van der Waals surface area contributed by atoms with E-state index in [2.05, 4.69) is 16.1 Å². The fourth-order valence-electron chi connectivity index (χ4n) is 3.65. The molecule has 1 aliphatic heterocycles. The van der Waals surface area contributed by atoms with E-state index >= 15 is 0 Å². The molecule has 2 aromatic carbocycles. The molecule has 170 valence electrons. The Hall–Kier alpha value is -2.58. The summed E-state index contributed by atoms with van der Waals surface area (Å²) in [5.74, 6) is 1.49. The summed E-state index contributed by atoms with van der Waals surface area (Å²) < 4.78 is 19.2. The van der Waals surface area contributed by atoms with Crippen molar-refractivity contribution in [2.75, 3.05) is 39.5 Å². The highest BCUT2D eigenvalue weighted by Crippen LogP contribution is 2.21. The molecule has 1 fully saturated rings. The molecular weight excluding hydrogens is 430 g/mol. The molecule has 8 heteroatoms. The minimum atomic E-state index is -1.10. The molecule has 0 radical (unpaired) electrons. The zero-order chi connectivity index (χ0) is 22.2. The highest BCUT2D eigenvalue weighted by molar-refractivity contribution is 6.30. The quantitative estimate of drug-likeness (QED) is 0.532.